The summed E-state index contributed by atoms with van der Waals surface area (Å²) in [6, 6.07) is 32.1. The second kappa shape index (κ2) is 16.3. The molecule has 4 amide bonds. The summed E-state index contributed by atoms with van der Waals surface area (Å²) < 4.78 is 0. The summed E-state index contributed by atoms with van der Waals surface area (Å²) in [6.07, 6.45) is 5.03. The van der Waals surface area contributed by atoms with Gasteiger partial charge in [0.05, 0.1) is 0 Å². The first kappa shape index (κ1) is 30.7. The molecule has 0 aromatic heterocycles. The Morgan fingerprint density at radius 1 is 0.395 bits per heavy atom. The highest BCUT2D eigenvalue weighted by Gasteiger charge is 2.09. The molecule has 0 saturated carbocycles. The monoisotopic (exact) mass is 576 g/mol. The van der Waals surface area contributed by atoms with Crippen molar-refractivity contribution in [1.82, 2.24) is 0 Å². The summed E-state index contributed by atoms with van der Waals surface area (Å²) in [4.78, 5) is 49.5. The molecule has 0 aliphatic rings. The van der Waals surface area contributed by atoms with Gasteiger partial charge in [-0.05, 0) is 73.5 Å². The maximum Gasteiger partial charge on any atom is 0.255 e. The lowest BCUT2D eigenvalue weighted by Crippen LogP contribution is -2.13. The van der Waals surface area contributed by atoms with Crippen molar-refractivity contribution in [1.29, 1.82) is 0 Å². The van der Waals surface area contributed by atoms with E-state index in [1.807, 2.05) is 12.1 Å². The second-order valence-electron chi connectivity index (χ2n) is 10.2. The second-order valence-corrected chi connectivity index (χ2v) is 10.2. The smallest absolute Gasteiger partial charge is 0.255 e. The zero-order valence-electron chi connectivity index (χ0n) is 24.0. The van der Waals surface area contributed by atoms with Crippen LogP contribution in [-0.4, -0.2) is 23.6 Å². The van der Waals surface area contributed by atoms with Crippen molar-refractivity contribution in [3.05, 3.63) is 120 Å². The molecule has 0 unspecified atom stereocenters. The lowest BCUT2D eigenvalue weighted by Gasteiger charge is -2.09. The van der Waals surface area contributed by atoms with Crippen molar-refractivity contribution in [2.45, 2.75) is 44.9 Å². The van der Waals surface area contributed by atoms with Crippen molar-refractivity contribution in [3.63, 3.8) is 0 Å². The van der Waals surface area contributed by atoms with Gasteiger partial charge in [0.2, 0.25) is 11.8 Å². The Kier molecular flexibility index (Phi) is 11.6. The number of carbonyl (C=O) groups excluding carboxylic acids is 4. The Labute approximate surface area is 251 Å². The quantitative estimate of drug-likeness (QED) is 0.116. The standard InChI is InChI=1S/C35H36N4O4/c40-32(36-28-18-12-20-30(24-28)38-34(42)26-14-6-4-7-15-26)22-10-2-1-3-11-23-33(41)37-29-19-13-21-31(25-29)39-35(43)27-16-8-5-9-17-27/h4-9,12-21,24-25H,1-3,10-11,22-23H2,(H,36,40)(H,37,41)(H,38,42)(H,39,43). The predicted octanol–water partition coefficient (Wildman–Crippen LogP) is 7.50. The third-order valence-corrected chi connectivity index (χ3v) is 6.69. The molecule has 220 valence electrons. The van der Waals surface area contributed by atoms with Crippen molar-refractivity contribution in [2.24, 2.45) is 0 Å². The number of amides is 4. The van der Waals surface area contributed by atoms with Gasteiger partial charge in [-0.15, -0.1) is 0 Å². The van der Waals surface area contributed by atoms with Crippen LogP contribution in [0.2, 0.25) is 0 Å². The molecule has 8 nitrogen and oxygen atoms in total. The number of benzene rings is 4. The van der Waals surface area contributed by atoms with Gasteiger partial charge in [-0.3, -0.25) is 19.2 Å². The third kappa shape index (κ3) is 10.6. The van der Waals surface area contributed by atoms with E-state index in [2.05, 4.69) is 21.3 Å². The zero-order chi connectivity index (χ0) is 30.3. The predicted molar refractivity (Wildman–Crippen MR) is 171 cm³/mol. The van der Waals surface area contributed by atoms with Crippen LogP contribution in [0.5, 0.6) is 0 Å². The van der Waals surface area contributed by atoms with Gasteiger partial charge in [0.15, 0.2) is 0 Å². The number of rotatable bonds is 14. The minimum atomic E-state index is -0.208. The first-order chi connectivity index (χ1) is 21.0. The van der Waals surface area contributed by atoms with Gasteiger partial charge in [0.25, 0.3) is 11.8 Å². The highest BCUT2D eigenvalue weighted by Crippen LogP contribution is 2.19. The minimum absolute atomic E-state index is 0.0758. The number of hydrogen-bond acceptors (Lipinski definition) is 4. The van der Waals surface area contributed by atoms with Gasteiger partial charge in [0, 0.05) is 46.7 Å². The molecule has 0 spiro atoms. The molecule has 43 heavy (non-hydrogen) atoms. The summed E-state index contributed by atoms with van der Waals surface area (Å²) in [5.74, 6) is -0.568. The van der Waals surface area contributed by atoms with Crippen LogP contribution in [0.4, 0.5) is 22.7 Å². The SMILES string of the molecule is O=C(CCCCCCCC(=O)Nc1cccc(NC(=O)c2ccccc2)c1)Nc1cccc(NC(=O)c2ccccc2)c1. The van der Waals surface area contributed by atoms with E-state index in [1.165, 1.54) is 0 Å². The average molecular weight is 577 g/mol. The van der Waals surface area contributed by atoms with Crippen molar-refractivity contribution in [3.8, 4) is 0 Å². The normalized spacial score (nSPS) is 10.4. The third-order valence-electron chi connectivity index (χ3n) is 6.69. The van der Waals surface area contributed by atoms with E-state index in [0.29, 0.717) is 46.7 Å². The van der Waals surface area contributed by atoms with E-state index in [9.17, 15) is 19.2 Å². The molecule has 4 rings (SSSR count). The van der Waals surface area contributed by atoms with Gasteiger partial charge in [-0.2, -0.15) is 0 Å². The van der Waals surface area contributed by atoms with Gasteiger partial charge >= 0.3 is 0 Å². The van der Waals surface area contributed by atoms with Crippen LogP contribution >= 0.6 is 0 Å². The van der Waals surface area contributed by atoms with Crippen molar-refractivity contribution >= 4 is 46.4 Å². The minimum Gasteiger partial charge on any atom is -0.326 e. The molecule has 0 heterocycles. The Morgan fingerprint density at radius 2 is 0.744 bits per heavy atom. The van der Waals surface area contributed by atoms with E-state index >= 15 is 0 Å². The van der Waals surface area contributed by atoms with Crippen molar-refractivity contribution in [2.75, 3.05) is 21.3 Å². The highest BCUT2D eigenvalue weighted by atomic mass is 16.2. The number of anilines is 4. The van der Waals surface area contributed by atoms with Crippen LogP contribution in [-0.2, 0) is 9.59 Å². The number of unbranched alkanes of at least 4 members (excludes halogenated alkanes) is 4. The molecule has 4 aromatic carbocycles. The lowest BCUT2D eigenvalue weighted by atomic mass is 10.1. The lowest BCUT2D eigenvalue weighted by molar-refractivity contribution is -0.117. The maximum absolute atomic E-state index is 12.4. The van der Waals surface area contributed by atoms with Crippen LogP contribution in [0.1, 0.15) is 65.7 Å². The highest BCUT2D eigenvalue weighted by molar-refractivity contribution is 6.05. The molecule has 0 aliphatic heterocycles. The van der Waals surface area contributed by atoms with Gasteiger partial charge in [0.1, 0.15) is 0 Å². The van der Waals surface area contributed by atoms with E-state index < -0.39 is 0 Å². The van der Waals surface area contributed by atoms with Crippen molar-refractivity contribution < 1.29 is 19.2 Å². The number of carbonyl (C=O) groups is 4. The average Bonchev–Trinajstić information content (AvgIpc) is 3.02. The van der Waals surface area contributed by atoms with E-state index in [1.54, 1.807) is 97.1 Å². The summed E-state index contributed by atoms with van der Waals surface area (Å²) in [5.41, 5.74) is 3.61. The summed E-state index contributed by atoms with van der Waals surface area (Å²) in [6.45, 7) is 0. The topological polar surface area (TPSA) is 116 Å². The molecule has 0 radical (unpaired) electrons. The van der Waals surface area contributed by atoms with Crippen LogP contribution in [0.15, 0.2) is 109 Å². The fraction of sp³-hybridized carbons (Fsp3) is 0.200. The summed E-state index contributed by atoms with van der Waals surface area (Å²) in [5, 5.41) is 11.5. The summed E-state index contributed by atoms with van der Waals surface area (Å²) in [7, 11) is 0. The fourth-order valence-corrected chi connectivity index (χ4v) is 4.48. The Bertz CT molecular complexity index is 1410. The van der Waals surface area contributed by atoms with E-state index in [4.69, 9.17) is 0 Å². The first-order valence-electron chi connectivity index (χ1n) is 14.5. The van der Waals surface area contributed by atoms with Crippen LogP contribution < -0.4 is 21.3 Å². The summed E-state index contributed by atoms with van der Waals surface area (Å²) >= 11 is 0. The molecule has 0 atom stereocenters. The van der Waals surface area contributed by atoms with Crippen LogP contribution in [0.25, 0.3) is 0 Å². The molecule has 0 bridgehead atoms. The zero-order valence-corrected chi connectivity index (χ0v) is 24.0. The molecule has 0 saturated heterocycles. The fourth-order valence-electron chi connectivity index (χ4n) is 4.48. The molecule has 8 heteroatoms. The Morgan fingerprint density at radius 3 is 1.14 bits per heavy atom. The maximum atomic E-state index is 12.4. The molecule has 4 aromatic rings. The van der Waals surface area contributed by atoms with Crippen LogP contribution in [0.3, 0.4) is 0 Å². The molecular formula is C35H36N4O4. The van der Waals surface area contributed by atoms with Gasteiger partial charge in [-0.25, -0.2) is 0 Å². The largest absolute Gasteiger partial charge is 0.326 e. The number of hydrogen-bond donors (Lipinski definition) is 4. The first-order valence-corrected chi connectivity index (χ1v) is 14.5. The molecule has 0 aliphatic carbocycles. The molecular weight excluding hydrogens is 540 g/mol. The molecule has 0 fully saturated rings. The Balaban J connectivity index is 1.08. The number of nitrogens with one attached hydrogen (secondary N) is 4. The van der Waals surface area contributed by atoms with E-state index in [0.717, 1.165) is 32.1 Å². The van der Waals surface area contributed by atoms with Gasteiger partial charge < -0.3 is 21.3 Å². The Hall–Kier alpha value is -5.24. The van der Waals surface area contributed by atoms with E-state index in [-0.39, 0.29) is 23.6 Å². The van der Waals surface area contributed by atoms with Crippen LogP contribution in [0, 0.1) is 0 Å². The molecule has 4 N–H and O–H groups in total. The van der Waals surface area contributed by atoms with Gasteiger partial charge in [-0.1, -0.05) is 67.8 Å².